The summed E-state index contributed by atoms with van der Waals surface area (Å²) in [6, 6.07) is 7.69. The minimum Gasteiger partial charge on any atom is -0.462 e. The first-order valence-corrected chi connectivity index (χ1v) is 11.3. The van der Waals surface area contributed by atoms with Crippen LogP contribution in [0.3, 0.4) is 0 Å². The van der Waals surface area contributed by atoms with Gasteiger partial charge in [-0.1, -0.05) is 42.5 Å². The minimum absolute atomic E-state index is 0.0200. The summed E-state index contributed by atoms with van der Waals surface area (Å²) in [4.78, 5) is 48.8. The first-order chi connectivity index (χ1) is 16.8. The van der Waals surface area contributed by atoms with Crippen molar-refractivity contribution in [1.82, 2.24) is 16.0 Å². The summed E-state index contributed by atoms with van der Waals surface area (Å²) in [6.45, 7) is 8.56. The predicted octanol–water partition coefficient (Wildman–Crippen LogP) is 1.60. The molecule has 3 amide bonds. The Balaban J connectivity index is 2.45. The van der Waals surface area contributed by atoms with E-state index in [1.807, 2.05) is 18.2 Å². The molecule has 10 nitrogen and oxygen atoms in total. The minimum atomic E-state index is -0.989. The molecule has 0 fully saturated rings. The Labute approximate surface area is 205 Å². The van der Waals surface area contributed by atoms with E-state index in [-0.39, 0.29) is 51.5 Å². The third-order valence-electron chi connectivity index (χ3n) is 4.77. The Morgan fingerprint density at radius 2 is 1.71 bits per heavy atom. The van der Waals surface area contributed by atoms with E-state index in [1.165, 1.54) is 12.2 Å². The van der Waals surface area contributed by atoms with Gasteiger partial charge in [0.2, 0.25) is 11.8 Å². The quantitative estimate of drug-likeness (QED) is 0.157. The Bertz CT molecular complexity index is 845. The number of esters is 1. The lowest BCUT2D eigenvalue weighted by molar-refractivity contribution is -0.146. The molecule has 0 aliphatic rings. The second-order valence-corrected chi connectivity index (χ2v) is 7.82. The molecule has 1 aromatic rings. The second kappa shape index (κ2) is 16.9. The van der Waals surface area contributed by atoms with Crippen molar-refractivity contribution in [2.24, 2.45) is 5.92 Å². The van der Waals surface area contributed by atoms with Gasteiger partial charge in [0.1, 0.15) is 19.3 Å². The molecular formula is C25H35N3O7. The number of hydrogen-bond acceptors (Lipinski definition) is 7. The number of ether oxygens (including phenoxy) is 2. The molecule has 0 spiro atoms. The molecule has 1 aromatic carbocycles. The van der Waals surface area contributed by atoms with Crippen LogP contribution in [-0.4, -0.2) is 60.8 Å². The number of carbonyl (C=O) groups is 4. The standard InChI is InChI=1S/C25H35N3O7/c1-4-9-20(15-22(30)27-18(3)16-29)23(31)26-13-14-34-24(32)21(10-5-2)28-25(33)35-17-19-11-7-6-8-12-19/h4-8,11-12,18,20-21,29H,1-2,9-10,13-17H2,3H3,(H,26,31)(H,27,30)(H,28,33)/t18-,20-,21-/m1/s1. The van der Waals surface area contributed by atoms with Gasteiger partial charge in [-0.2, -0.15) is 0 Å². The number of alkyl carbamates (subject to hydrolysis) is 1. The maximum atomic E-state index is 12.4. The molecule has 3 atom stereocenters. The molecule has 0 aromatic heterocycles. The van der Waals surface area contributed by atoms with Gasteiger partial charge in [-0.3, -0.25) is 9.59 Å². The number of aliphatic hydroxyl groups excluding tert-OH is 1. The summed E-state index contributed by atoms with van der Waals surface area (Å²) in [7, 11) is 0. The molecular weight excluding hydrogens is 454 g/mol. The summed E-state index contributed by atoms with van der Waals surface area (Å²) >= 11 is 0. The van der Waals surface area contributed by atoms with Crippen LogP contribution in [0.25, 0.3) is 0 Å². The number of hydrogen-bond donors (Lipinski definition) is 4. The molecule has 1 rings (SSSR count). The van der Waals surface area contributed by atoms with Crippen LogP contribution >= 0.6 is 0 Å². The van der Waals surface area contributed by atoms with E-state index in [0.29, 0.717) is 0 Å². The Hall–Kier alpha value is -3.66. The topological polar surface area (TPSA) is 143 Å². The average Bonchev–Trinajstić information content (AvgIpc) is 2.85. The predicted molar refractivity (Wildman–Crippen MR) is 130 cm³/mol. The van der Waals surface area contributed by atoms with Gasteiger partial charge in [0, 0.05) is 12.5 Å². The number of carbonyl (C=O) groups excluding carboxylic acids is 4. The molecule has 0 saturated carbocycles. The molecule has 0 radical (unpaired) electrons. The average molecular weight is 490 g/mol. The van der Waals surface area contributed by atoms with Crippen LogP contribution in [0.2, 0.25) is 0 Å². The highest BCUT2D eigenvalue weighted by Crippen LogP contribution is 2.10. The molecule has 0 aliphatic heterocycles. The number of allylic oxidation sites excluding steroid dienone is 1. The van der Waals surface area contributed by atoms with Crippen molar-refractivity contribution in [2.45, 2.75) is 44.9 Å². The maximum Gasteiger partial charge on any atom is 0.408 e. The van der Waals surface area contributed by atoms with Crippen LogP contribution in [0.1, 0.15) is 31.7 Å². The lowest BCUT2D eigenvalue weighted by Crippen LogP contribution is -2.43. The van der Waals surface area contributed by atoms with Crippen LogP contribution < -0.4 is 16.0 Å². The summed E-state index contributed by atoms with van der Waals surface area (Å²) in [5, 5.41) is 16.7. The summed E-state index contributed by atoms with van der Waals surface area (Å²) in [5.74, 6) is -2.10. The van der Waals surface area contributed by atoms with Crippen molar-refractivity contribution >= 4 is 23.9 Å². The summed E-state index contributed by atoms with van der Waals surface area (Å²) in [6.07, 6.45) is 2.57. The first-order valence-electron chi connectivity index (χ1n) is 11.3. The Morgan fingerprint density at radius 3 is 2.34 bits per heavy atom. The lowest BCUT2D eigenvalue weighted by atomic mass is 9.99. The normalized spacial score (nSPS) is 12.9. The van der Waals surface area contributed by atoms with Gasteiger partial charge in [0.05, 0.1) is 19.1 Å². The first kappa shape index (κ1) is 29.4. The smallest absolute Gasteiger partial charge is 0.408 e. The van der Waals surface area contributed by atoms with Gasteiger partial charge < -0.3 is 30.5 Å². The zero-order chi connectivity index (χ0) is 26.1. The van der Waals surface area contributed by atoms with E-state index in [9.17, 15) is 19.2 Å². The number of aliphatic hydroxyl groups is 1. The fraction of sp³-hybridized carbons (Fsp3) is 0.440. The van der Waals surface area contributed by atoms with Crippen molar-refractivity contribution in [3.8, 4) is 0 Å². The molecule has 0 heterocycles. The zero-order valence-corrected chi connectivity index (χ0v) is 20.0. The fourth-order valence-electron chi connectivity index (χ4n) is 2.95. The van der Waals surface area contributed by atoms with Crippen molar-refractivity contribution in [2.75, 3.05) is 19.8 Å². The Kier molecular flexibility index (Phi) is 14.2. The summed E-state index contributed by atoms with van der Waals surface area (Å²) < 4.78 is 10.3. The lowest BCUT2D eigenvalue weighted by Gasteiger charge is -2.18. The Morgan fingerprint density at radius 1 is 1.03 bits per heavy atom. The SMILES string of the molecule is C=CC[C@H](CC(=O)N[C@H](C)CO)C(=O)NCCOC(=O)[C@@H](CC=C)NC(=O)OCc1ccccc1. The molecule has 192 valence electrons. The van der Waals surface area contributed by atoms with E-state index in [1.54, 1.807) is 19.1 Å². The van der Waals surface area contributed by atoms with Crippen molar-refractivity contribution in [3.05, 3.63) is 61.2 Å². The maximum absolute atomic E-state index is 12.4. The van der Waals surface area contributed by atoms with E-state index in [0.717, 1.165) is 5.56 Å². The van der Waals surface area contributed by atoms with Gasteiger partial charge in [-0.15, -0.1) is 13.2 Å². The van der Waals surface area contributed by atoms with E-state index in [4.69, 9.17) is 14.6 Å². The molecule has 0 unspecified atom stereocenters. The van der Waals surface area contributed by atoms with E-state index < -0.39 is 36.0 Å². The van der Waals surface area contributed by atoms with Crippen molar-refractivity contribution in [3.63, 3.8) is 0 Å². The van der Waals surface area contributed by atoms with Gasteiger partial charge in [-0.25, -0.2) is 9.59 Å². The number of benzene rings is 1. The van der Waals surface area contributed by atoms with Crippen LogP contribution in [0.5, 0.6) is 0 Å². The van der Waals surface area contributed by atoms with Crippen LogP contribution in [0, 0.1) is 5.92 Å². The largest absolute Gasteiger partial charge is 0.462 e. The highest BCUT2D eigenvalue weighted by atomic mass is 16.6. The van der Waals surface area contributed by atoms with Gasteiger partial charge in [-0.05, 0) is 25.3 Å². The highest BCUT2D eigenvalue weighted by Gasteiger charge is 2.23. The van der Waals surface area contributed by atoms with Crippen LogP contribution in [0.4, 0.5) is 4.79 Å². The highest BCUT2D eigenvalue weighted by molar-refractivity contribution is 5.86. The molecule has 0 bridgehead atoms. The molecule has 0 saturated heterocycles. The monoisotopic (exact) mass is 489 g/mol. The molecule has 35 heavy (non-hydrogen) atoms. The second-order valence-electron chi connectivity index (χ2n) is 7.82. The molecule has 4 N–H and O–H groups in total. The van der Waals surface area contributed by atoms with Gasteiger partial charge >= 0.3 is 12.1 Å². The van der Waals surface area contributed by atoms with Gasteiger partial charge in [0.15, 0.2) is 0 Å². The third-order valence-corrected chi connectivity index (χ3v) is 4.77. The summed E-state index contributed by atoms with van der Waals surface area (Å²) in [5.41, 5.74) is 0.802. The molecule has 0 aliphatic carbocycles. The number of rotatable bonds is 16. The fourth-order valence-corrected chi connectivity index (χ4v) is 2.95. The third kappa shape index (κ3) is 12.4. The van der Waals surface area contributed by atoms with E-state index >= 15 is 0 Å². The van der Waals surface area contributed by atoms with Gasteiger partial charge in [0.25, 0.3) is 0 Å². The van der Waals surface area contributed by atoms with Crippen LogP contribution in [0.15, 0.2) is 55.6 Å². The number of amides is 3. The van der Waals surface area contributed by atoms with Crippen LogP contribution in [-0.2, 0) is 30.5 Å². The molecule has 10 heteroatoms. The zero-order valence-electron chi connectivity index (χ0n) is 20.0. The van der Waals surface area contributed by atoms with E-state index in [2.05, 4.69) is 29.1 Å². The van der Waals surface area contributed by atoms with Crippen molar-refractivity contribution < 1.29 is 33.8 Å². The number of nitrogens with one attached hydrogen (secondary N) is 3. The van der Waals surface area contributed by atoms with Crippen molar-refractivity contribution in [1.29, 1.82) is 0 Å².